The van der Waals surface area contributed by atoms with Gasteiger partial charge in [-0.1, -0.05) is 71.9 Å². The molecule has 1 fully saturated rings. The lowest BCUT2D eigenvalue weighted by atomic mass is 9.95. The number of anilines is 1. The lowest BCUT2D eigenvalue weighted by Gasteiger charge is -2.35. The first kappa shape index (κ1) is 25.0. The van der Waals surface area contributed by atoms with Gasteiger partial charge in [0.05, 0.1) is 4.90 Å². The summed E-state index contributed by atoms with van der Waals surface area (Å²) in [4.78, 5) is 6.78. The lowest BCUT2D eigenvalue weighted by molar-refractivity contribution is 0.385. The molecule has 0 amide bonds. The van der Waals surface area contributed by atoms with Crippen LogP contribution in [-0.2, 0) is 10.0 Å². The van der Waals surface area contributed by atoms with Crippen LogP contribution in [0.1, 0.15) is 5.89 Å². The molecule has 1 saturated heterocycles. The number of hydrogen-bond donors (Lipinski definition) is 0. The van der Waals surface area contributed by atoms with Gasteiger partial charge in [-0.05, 0) is 58.7 Å². The molecule has 1 aliphatic heterocycles. The van der Waals surface area contributed by atoms with E-state index < -0.39 is 10.0 Å². The Balaban J connectivity index is 1.14. The number of piperazine rings is 1. The van der Waals surface area contributed by atoms with E-state index >= 15 is 0 Å². The van der Waals surface area contributed by atoms with Crippen LogP contribution >= 0.6 is 0 Å². The van der Waals surface area contributed by atoms with Crippen molar-refractivity contribution in [2.75, 3.05) is 31.1 Å². The van der Waals surface area contributed by atoms with Crippen LogP contribution in [0.4, 0.5) is 5.69 Å². The highest BCUT2D eigenvalue weighted by atomic mass is 32.2. The SMILES string of the molecule is Cc1nc(-c2ccc(N3CCN(S(=O)(=O)c4ccc(-c5ccccc5-c5ccccc5)cc4)CC3)cc2)no1. The van der Waals surface area contributed by atoms with Crippen molar-refractivity contribution in [3.05, 3.63) is 109 Å². The summed E-state index contributed by atoms with van der Waals surface area (Å²) in [5.41, 5.74) is 6.22. The Morgan fingerprint density at radius 3 is 1.82 bits per heavy atom. The summed E-state index contributed by atoms with van der Waals surface area (Å²) in [6.45, 7) is 3.84. The largest absolute Gasteiger partial charge is 0.369 e. The van der Waals surface area contributed by atoms with Gasteiger partial charge in [0, 0.05) is 44.4 Å². The molecule has 7 nitrogen and oxygen atoms in total. The zero-order chi connectivity index (χ0) is 26.8. The maximum atomic E-state index is 13.5. The van der Waals surface area contributed by atoms with Gasteiger partial charge in [0.15, 0.2) is 0 Å². The number of nitrogens with zero attached hydrogens (tertiary/aromatic N) is 4. The van der Waals surface area contributed by atoms with Gasteiger partial charge in [-0.3, -0.25) is 0 Å². The van der Waals surface area contributed by atoms with E-state index in [1.165, 1.54) is 0 Å². The topological polar surface area (TPSA) is 79.5 Å². The van der Waals surface area contributed by atoms with Crippen LogP contribution in [0.15, 0.2) is 113 Å². The smallest absolute Gasteiger partial charge is 0.243 e. The number of aryl methyl sites for hydroxylation is 1. The molecular formula is C31H28N4O3S. The van der Waals surface area contributed by atoms with Crippen LogP contribution in [0.25, 0.3) is 33.6 Å². The fraction of sp³-hybridized carbons (Fsp3) is 0.161. The molecule has 0 N–H and O–H groups in total. The van der Waals surface area contributed by atoms with Crippen molar-refractivity contribution >= 4 is 15.7 Å². The van der Waals surface area contributed by atoms with Crippen LogP contribution in [0, 0.1) is 6.92 Å². The van der Waals surface area contributed by atoms with E-state index in [2.05, 4.69) is 39.3 Å². The highest BCUT2D eigenvalue weighted by molar-refractivity contribution is 7.89. The summed E-state index contributed by atoms with van der Waals surface area (Å²) >= 11 is 0. The second-order valence-corrected chi connectivity index (χ2v) is 11.4. The monoisotopic (exact) mass is 536 g/mol. The molecule has 6 rings (SSSR count). The van der Waals surface area contributed by atoms with Gasteiger partial charge in [0.25, 0.3) is 0 Å². The second-order valence-electron chi connectivity index (χ2n) is 9.51. The van der Waals surface area contributed by atoms with E-state index in [0.29, 0.717) is 42.8 Å². The van der Waals surface area contributed by atoms with Crippen molar-refractivity contribution in [3.8, 4) is 33.6 Å². The summed E-state index contributed by atoms with van der Waals surface area (Å²) < 4.78 is 33.5. The standard InChI is InChI=1S/C31H28N4O3S/c1-23-32-31(33-38-23)26-11-15-27(16-12-26)34-19-21-35(22-20-34)39(36,37)28-17-13-25(14-18-28)30-10-6-5-9-29(30)24-7-3-2-4-8-24/h2-18H,19-22H2,1H3. The second kappa shape index (κ2) is 10.5. The van der Waals surface area contributed by atoms with Gasteiger partial charge in [0.1, 0.15) is 0 Å². The van der Waals surface area contributed by atoms with Crippen LogP contribution in [0.5, 0.6) is 0 Å². The Kier molecular flexibility index (Phi) is 6.72. The van der Waals surface area contributed by atoms with Crippen LogP contribution in [0.2, 0.25) is 0 Å². The van der Waals surface area contributed by atoms with Crippen LogP contribution in [-0.4, -0.2) is 49.0 Å². The van der Waals surface area contributed by atoms with E-state index in [9.17, 15) is 8.42 Å². The number of aromatic nitrogens is 2. The fourth-order valence-electron chi connectivity index (χ4n) is 4.98. The number of hydrogen-bond acceptors (Lipinski definition) is 6. The van der Waals surface area contributed by atoms with Gasteiger partial charge in [-0.2, -0.15) is 9.29 Å². The predicted molar refractivity (Wildman–Crippen MR) is 153 cm³/mol. The minimum Gasteiger partial charge on any atom is -0.369 e. The molecule has 1 aromatic heterocycles. The molecule has 0 spiro atoms. The molecule has 2 heterocycles. The fourth-order valence-corrected chi connectivity index (χ4v) is 6.41. The van der Waals surface area contributed by atoms with E-state index in [0.717, 1.165) is 33.5 Å². The number of sulfonamides is 1. The molecule has 0 unspecified atom stereocenters. The lowest BCUT2D eigenvalue weighted by Crippen LogP contribution is -2.48. The molecule has 4 aromatic carbocycles. The molecule has 5 aromatic rings. The van der Waals surface area contributed by atoms with Crippen molar-refractivity contribution in [2.24, 2.45) is 0 Å². The van der Waals surface area contributed by atoms with Crippen molar-refractivity contribution in [3.63, 3.8) is 0 Å². The maximum Gasteiger partial charge on any atom is 0.243 e. The van der Waals surface area contributed by atoms with Crippen molar-refractivity contribution in [1.29, 1.82) is 0 Å². The Morgan fingerprint density at radius 1 is 0.667 bits per heavy atom. The quantitative estimate of drug-likeness (QED) is 0.269. The molecular weight excluding hydrogens is 508 g/mol. The first-order chi connectivity index (χ1) is 19.0. The first-order valence-electron chi connectivity index (χ1n) is 12.9. The molecule has 39 heavy (non-hydrogen) atoms. The minimum absolute atomic E-state index is 0.316. The normalized spacial score (nSPS) is 14.4. The third-order valence-corrected chi connectivity index (χ3v) is 8.98. The summed E-state index contributed by atoms with van der Waals surface area (Å²) in [7, 11) is -3.59. The molecule has 0 atom stereocenters. The Labute approximate surface area is 228 Å². The van der Waals surface area contributed by atoms with Gasteiger partial charge < -0.3 is 9.42 Å². The van der Waals surface area contributed by atoms with Crippen LogP contribution < -0.4 is 4.90 Å². The first-order valence-corrected chi connectivity index (χ1v) is 14.3. The van der Waals surface area contributed by atoms with E-state index in [-0.39, 0.29) is 0 Å². The summed E-state index contributed by atoms with van der Waals surface area (Å²) in [6, 6.07) is 33.6. The highest BCUT2D eigenvalue weighted by Gasteiger charge is 2.28. The van der Waals surface area contributed by atoms with Gasteiger partial charge >= 0.3 is 0 Å². The van der Waals surface area contributed by atoms with Crippen molar-refractivity contribution in [1.82, 2.24) is 14.4 Å². The predicted octanol–water partition coefficient (Wildman–Crippen LogP) is 5.89. The number of benzene rings is 4. The number of rotatable bonds is 6. The molecule has 0 aliphatic carbocycles. The Hall–Kier alpha value is -4.27. The average molecular weight is 537 g/mol. The average Bonchev–Trinajstić information content (AvgIpc) is 3.44. The molecule has 1 aliphatic rings. The van der Waals surface area contributed by atoms with E-state index in [1.807, 2.05) is 66.7 Å². The summed E-state index contributed by atoms with van der Waals surface area (Å²) in [5.74, 6) is 1.09. The molecule has 0 radical (unpaired) electrons. The summed E-state index contributed by atoms with van der Waals surface area (Å²) in [5, 5.41) is 3.96. The molecule has 0 bridgehead atoms. The van der Waals surface area contributed by atoms with Crippen molar-refractivity contribution < 1.29 is 12.9 Å². The van der Waals surface area contributed by atoms with E-state index in [4.69, 9.17) is 4.52 Å². The maximum absolute atomic E-state index is 13.5. The molecule has 0 saturated carbocycles. The third kappa shape index (κ3) is 5.08. The molecule has 8 heteroatoms. The van der Waals surface area contributed by atoms with Crippen LogP contribution in [0.3, 0.4) is 0 Å². The van der Waals surface area contributed by atoms with Gasteiger partial charge in [0.2, 0.25) is 21.7 Å². The zero-order valence-electron chi connectivity index (χ0n) is 21.6. The van der Waals surface area contributed by atoms with Gasteiger partial charge in [-0.15, -0.1) is 0 Å². The highest BCUT2D eigenvalue weighted by Crippen LogP contribution is 2.33. The molecule has 196 valence electrons. The third-order valence-electron chi connectivity index (χ3n) is 7.07. The summed E-state index contributed by atoms with van der Waals surface area (Å²) in [6.07, 6.45) is 0. The van der Waals surface area contributed by atoms with Crippen molar-refractivity contribution in [2.45, 2.75) is 11.8 Å². The van der Waals surface area contributed by atoms with E-state index in [1.54, 1.807) is 23.4 Å². The minimum atomic E-state index is -3.59. The van der Waals surface area contributed by atoms with Gasteiger partial charge in [-0.25, -0.2) is 8.42 Å². The zero-order valence-corrected chi connectivity index (χ0v) is 22.4. The Morgan fingerprint density at radius 2 is 1.23 bits per heavy atom. The Bertz CT molecular complexity index is 1670.